The molecule has 2 rings (SSSR count). The highest BCUT2D eigenvalue weighted by Gasteiger charge is 2.18. The SMILES string of the molecule is CNC(CCC1CCCC1)c1cc(F)ccc1C. The summed E-state index contributed by atoms with van der Waals surface area (Å²) in [4.78, 5) is 0. The standard InChI is InChI=1S/C16H24FN/c1-12-7-9-14(17)11-15(12)16(18-2)10-8-13-5-3-4-6-13/h7,9,11,13,16,18H,3-6,8,10H2,1-2H3. The zero-order valence-electron chi connectivity index (χ0n) is 11.5. The maximum Gasteiger partial charge on any atom is 0.123 e. The van der Waals surface area contributed by atoms with Crippen LogP contribution in [0, 0.1) is 18.7 Å². The number of aryl methyl sites for hydroxylation is 1. The van der Waals surface area contributed by atoms with Crippen LogP contribution in [0.15, 0.2) is 18.2 Å². The van der Waals surface area contributed by atoms with E-state index in [1.54, 1.807) is 12.1 Å². The van der Waals surface area contributed by atoms with E-state index in [1.807, 2.05) is 13.1 Å². The molecule has 0 aromatic heterocycles. The molecule has 1 nitrogen and oxygen atoms in total. The normalized spacial score (nSPS) is 18.2. The molecule has 0 spiro atoms. The third kappa shape index (κ3) is 3.32. The molecule has 1 fully saturated rings. The van der Waals surface area contributed by atoms with E-state index in [0.717, 1.165) is 17.9 Å². The molecule has 1 unspecified atom stereocenters. The molecule has 2 heteroatoms. The summed E-state index contributed by atoms with van der Waals surface area (Å²) in [5.74, 6) is 0.770. The van der Waals surface area contributed by atoms with E-state index in [1.165, 1.54) is 37.7 Å². The lowest BCUT2D eigenvalue weighted by Gasteiger charge is -2.20. The van der Waals surface area contributed by atoms with Crippen molar-refractivity contribution in [1.82, 2.24) is 5.32 Å². The summed E-state index contributed by atoms with van der Waals surface area (Å²) in [6.07, 6.45) is 7.95. The number of hydrogen-bond donors (Lipinski definition) is 1. The fourth-order valence-corrected chi connectivity index (χ4v) is 3.14. The minimum Gasteiger partial charge on any atom is -0.313 e. The van der Waals surface area contributed by atoms with Crippen LogP contribution in [0.4, 0.5) is 4.39 Å². The summed E-state index contributed by atoms with van der Waals surface area (Å²) in [5, 5.41) is 3.34. The topological polar surface area (TPSA) is 12.0 Å². The minimum absolute atomic E-state index is 0.128. The molecular formula is C16H24FN. The van der Waals surface area contributed by atoms with E-state index in [-0.39, 0.29) is 5.82 Å². The number of nitrogens with one attached hydrogen (secondary N) is 1. The molecule has 0 amide bonds. The van der Waals surface area contributed by atoms with Gasteiger partial charge in [-0.2, -0.15) is 0 Å². The molecule has 1 aromatic carbocycles. The largest absolute Gasteiger partial charge is 0.313 e. The Kier molecular flexibility index (Phi) is 4.76. The van der Waals surface area contributed by atoms with Crippen LogP contribution in [-0.4, -0.2) is 7.05 Å². The van der Waals surface area contributed by atoms with Crippen molar-refractivity contribution >= 4 is 0 Å². The number of rotatable bonds is 5. The van der Waals surface area contributed by atoms with Crippen LogP contribution in [0.3, 0.4) is 0 Å². The summed E-state index contributed by atoms with van der Waals surface area (Å²) >= 11 is 0. The van der Waals surface area contributed by atoms with Crippen LogP contribution in [0.25, 0.3) is 0 Å². The van der Waals surface area contributed by atoms with Crippen molar-refractivity contribution in [1.29, 1.82) is 0 Å². The fourth-order valence-electron chi connectivity index (χ4n) is 3.14. The highest BCUT2D eigenvalue weighted by atomic mass is 19.1. The van der Waals surface area contributed by atoms with Crippen molar-refractivity contribution in [3.8, 4) is 0 Å². The van der Waals surface area contributed by atoms with Crippen LogP contribution in [0.1, 0.15) is 55.7 Å². The van der Waals surface area contributed by atoms with Gasteiger partial charge in [0.25, 0.3) is 0 Å². The summed E-state index contributed by atoms with van der Waals surface area (Å²) in [7, 11) is 1.98. The average Bonchev–Trinajstić information content (AvgIpc) is 2.87. The third-order valence-corrected chi connectivity index (χ3v) is 4.30. The van der Waals surface area contributed by atoms with Gasteiger partial charge in [0, 0.05) is 6.04 Å². The Bertz CT molecular complexity index is 383. The Labute approximate surface area is 110 Å². The van der Waals surface area contributed by atoms with Crippen molar-refractivity contribution in [3.05, 3.63) is 35.1 Å². The van der Waals surface area contributed by atoms with Gasteiger partial charge in [-0.1, -0.05) is 31.7 Å². The zero-order chi connectivity index (χ0) is 13.0. The van der Waals surface area contributed by atoms with Crippen LogP contribution in [0.2, 0.25) is 0 Å². The monoisotopic (exact) mass is 249 g/mol. The molecule has 0 heterocycles. The average molecular weight is 249 g/mol. The highest BCUT2D eigenvalue weighted by molar-refractivity contribution is 5.29. The third-order valence-electron chi connectivity index (χ3n) is 4.30. The van der Waals surface area contributed by atoms with Gasteiger partial charge in [-0.3, -0.25) is 0 Å². The van der Waals surface area contributed by atoms with Gasteiger partial charge in [-0.15, -0.1) is 0 Å². The van der Waals surface area contributed by atoms with Crippen molar-refractivity contribution in [2.24, 2.45) is 5.92 Å². The summed E-state index contributed by atoms with van der Waals surface area (Å²) < 4.78 is 13.4. The van der Waals surface area contributed by atoms with E-state index < -0.39 is 0 Å². The predicted octanol–water partition coefficient (Wildman–Crippen LogP) is 4.37. The molecular weight excluding hydrogens is 225 g/mol. The second kappa shape index (κ2) is 6.33. The minimum atomic E-state index is -0.128. The van der Waals surface area contributed by atoms with Crippen molar-refractivity contribution < 1.29 is 4.39 Å². The van der Waals surface area contributed by atoms with Crippen molar-refractivity contribution in [2.45, 2.75) is 51.5 Å². The summed E-state index contributed by atoms with van der Waals surface area (Å²) in [6.45, 7) is 2.06. The van der Waals surface area contributed by atoms with Crippen LogP contribution >= 0.6 is 0 Å². The second-order valence-electron chi connectivity index (χ2n) is 5.57. The zero-order valence-corrected chi connectivity index (χ0v) is 11.5. The van der Waals surface area contributed by atoms with Crippen LogP contribution in [0.5, 0.6) is 0 Å². The lowest BCUT2D eigenvalue weighted by atomic mass is 9.93. The van der Waals surface area contributed by atoms with Gasteiger partial charge in [-0.25, -0.2) is 4.39 Å². The molecule has 18 heavy (non-hydrogen) atoms. The Morgan fingerprint density at radius 1 is 1.33 bits per heavy atom. The first kappa shape index (κ1) is 13.5. The molecule has 1 N–H and O–H groups in total. The Morgan fingerprint density at radius 2 is 2.06 bits per heavy atom. The van der Waals surface area contributed by atoms with Crippen LogP contribution < -0.4 is 5.32 Å². The van der Waals surface area contributed by atoms with E-state index in [4.69, 9.17) is 0 Å². The quantitative estimate of drug-likeness (QED) is 0.817. The van der Waals surface area contributed by atoms with Gasteiger partial charge in [0.2, 0.25) is 0 Å². The molecule has 0 bridgehead atoms. The molecule has 0 radical (unpaired) electrons. The number of hydrogen-bond acceptors (Lipinski definition) is 1. The molecule has 1 atom stereocenters. The smallest absolute Gasteiger partial charge is 0.123 e. The molecule has 1 saturated carbocycles. The van der Waals surface area contributed by atoms with Crippen LogP contribution in [-0.2, 0) is 0 Å². The maximum atomic E-state index is 13.4. The van der Waals surface area contributed by atoms with Gasteiger partial charge >= 0.3 is 0 Å². The lowest BCUT2D eigenvalue weighted by molar-refractivity contribution is 0.425. The van der Waals surface area contributed by atoms with Gasteiger partial charge in [0.05, 0.1) is 0 Å². The Balaban J connectivity index is 2.00. The molecule has 0 aliphatic heterocycles. The fraction of sp³-hybridized carbons (Fsp3) is 0.625. The number of benzene rings is 1. The van der Waals surface area contributed by atoms with E-state index in [0.29, 0.717) is 6.04 Å². The molecule has 100 valence electrons. The second-order valence-corrected chi connectivity index (χ2v) is 5.57. The van der Waals surface area contributed by atoms with Crippen molar-refractivity contribution in [2.75, 3.05) is 7.05 Å². The molecule has 1 aliphatic carbocycles. The first-order valence-corrected chi connectivity index (χ1v) is 7.14. The molecule has 1 aliphatic rings. The first-order chi connectivity index (χ1) is 8.70. The molecule has 0 saturated heterocycles. The Hall–Kier alpha value is -0.890. The Morgan fingerprint density at radius 3 is 2.72 bits per heavy atom. The van der Waals surface area contributed by atoms with E-state index >= 15 is 0 Å². The summed E-state index contributed by atoms with van der Waals surface area (Å²) in [5.41, 5.74) is 2.30. The van der Waals surface area contributed by atoms with Crippen molar-refractivity contribution in [3.63, 3.8) is 0 Å². The van der Waals surface area contributed by atoms with E-state index in [2.05, 4.69) is 12.2 Å². The predicted molar refractivity (Wildman–Crippen MR) is 74.1 cm³/mol. The number of halogens is 1. The van der Waals surface area contributed by atoms with E-state index in [9.17, 15) is 4.39 Å². The van der Waals surface area contributed by atoms with Gasteiger partial charge < -0.3 is 5.32 Å². The lowest BCUT2D eigenvalue weighted by Crippen LogP contribution is -2.18. The summed E-state index contributed by atoms with van der Waals surface area (Å²) in [6, 6.07) is 5.40. The first-order valence-electron chi connectivity index (χ1n) is 7.14. The van der Waals surface area contributed by atoms with Gasteiger partial charge in [0.1, 0.15) is 5.82 Å². The van der Waals surface area contributed by atoms with Gasteiger partial charge in [0.15, 0.2) is 0 Å². The maximum absolute atomic E-state index is 13.4. The highest BCUT2D eigenvalue weighted by Crippen LogP contribution is 2.32. The van der Waals surface area contributed by atoms with Gasteiger partial charge in [-0.05, 0) is 56.0 Å². The molecule has 1 aromatic rings.